The minimum Gasteiger partial charge on any atom is -0.496 e. The largest absolute Gasteiger partial charge is 0.496 e. The quantitative estimate of drug-likeness (QED) is 0.827. The summed E-state index contributed by atoms with van der Waals surface area (Å²) < 4.78 is 30.5. The van der Waals surface area contributed by atoms with Gasteiger partial charge in [0.05, 0.1) is 13.4 Å². The lowest BCUT2D eigenvalue weighted by molar-refractivity contribution is 0.308. The van der Waals surface area contributed by atoms with Crippen LogP contribution in [-0.4, -0.2) is 46.3 Å². The number of benzene rings is 1. The van der Waals surface area contributed by atoms with E-state index in [0.717, 1.165) is 31.8 Å². The van der Waals surface area contributed by atoms with Crippen molar-refractivity contribution in [1.82, 2.24) is 9.62 Å². The average Bonchev–Trinajstić information content (AvgIpc) is 2.92. The molecule has 5 nitrogen and oxygen atoms in total. The molecule has 1 aromatic carbocycles. The highest BCUT2D eigenvalue weighted by Gasteiger charge is 2.24. The molecule has 0 aliphatic carbocycles. The van der Waals surface area contributed by atoms with Crippen LogP contribution in [0.3, 0.4) is 0 Å². The Morgan fingerprint density at radius 2 is 2.13 bits per heavy atom. The predicted octanol–water partition coefficient (Wildman–Crippen LogP) is 2.19. The Balaban J connectivity index is 1.98. The van der Waals surface area contributed by atoms with Crippen molar-refractivity contribution in [3.8, 4) is 5.75 Å². The number of nitrogens with zero attached hydrogens (tertiary/aromatic N) is 1. The van der Waals surface area contributed by atoms with Crippen LogP contribution in [0.25, 0.3) is 0 Å². The highest BCUT2D eigenvalue weighted by atomic mass is 32.2. The zero-order valence-electron chi connectivity index (χ0n) is 14.5. The van der Waals surface area contributed by atoms with E-state index in [1.807, 2.05) is 6.07 Å². The van der Waals surface area contributed by atoms with Crippen molar-refractivity contribution in [3.05, 3.63) is 29.3 Å². The fourth-order valence-corrected chi connectivity index (χ4v) is 3.55. The van der Waals surface area contributed by atoms with Crippen molar-refractivity contribution in [3.63, 3.8) is 0 Å². The monoisotopic (exact) mass is 340 g/mol. The van der Waals surface area contributed by atoms with Gasteiger partial charge in [0.1, 0.15) is 5.75 Å². The van der Waals surface area contributed by atoms with Crippen LogP contribution in [0.4, 0.5) is 0 Å². The molecule has 23 heavy (non-hydrogen) atoms. The van der Waals surface area contributed by atoms with Crippen molar-refractivity contribution >= 4 is 10.0 Å². The molecule has 1 N–H and O–H groups in total. The molecule has 0 spiro atoms. The SMILES string of the molecule is COc1ccc(C(C)C)cc1CN1CCC(CNS(C)(=O)=O)C1. The average molecular weight is 340 g/mol. The van der Waals surface area contributed by atoms with Gasteiger partial charge in [-0.15, -0.1) is 0 Å². The number of rotatable bonds is 7. The van der Waals surface area contributed by atoms with Gasteiger partial charge in [0.25, 0.3) is 0 Å². The molecule has 1 saturated heterocycles. The van der Waals surface area contributed by atoms with E-state index in [4.69, 9.17) is 4.74 Å². The standard InChI is InChI=1S/C17H28N2O3S/c1-13(2)15-5-6-17(22-3)16(9-15)12-19-8-7-14(11-19)10-18-23(4,20)21/h5-6,9,13-14,18H,7-8,10-12H2,1-4H3. The summed E-state index contributed by atoms with van der Waals surface area (Å²) in [6, 6.07) is 6.39. The number of ether oxygens (including phenoxy) is 1. The van der Waals surface area contributed by atoms with Gasteiger partial charge >= 0.3 is 0 Å². The van der Waals surface area contributed by atoms with Crippen LogP contribution in [0, 0.1) is 5.92 Å². The van der Waals surface area contributed by atoms with Gasteiger partial charge in [0, 0.05) is 25.2 Å². The van der Waals surface area contributed by atoms with Crippen LogP contribution in [0.15, 0.2) is 18.2 Å². The van der Waals surface area contributed by atoms with Crippen LogP contribution in [-0.2, 0) is 16.6 Å². The van der Waals surface area contributed by atoms with Crippen molar-refractivity contribution in [1.29, 1.82) is 0 Å². The first-order valence-electron chi connectivity index (χ1n) is 8.12. The normalized spacial score (nSPS) is 19.4. The summed E-state index contributed by atoms with van der Waals surface area (Å²) in [5.74, 6) is 1.79. The molecule has 1 unspecified atom stereocenters. The summed E-state index contributed by atoms with van der Waals surface area (Å²) in [7, 11) is -1.40. The molecule has 0 bridgehead atoms. The molecule has 0 radical (unpaired) electrons. The van der Waals surface area contributed by atoms with E-state index in [0.29, 0.717) is 18.4 Å². The van der Waals surface area contributed by atoms with Crippen molar-refractivity contribution in [2.75, 3.05) is 33.0 Å². The van der Waals surface area contributed by atoms with Gasteiger partial charge in [-0.25, -0.2) is 13.1 Å². The highest BCUT2D eigenvalue weighted by Crippen LogP contribution is 2.27. The molecule has 0 aromatic heterocycles. The van der Waals surface area contributed by atoms with Gasteiger partial charge in [-0.1, -0.05) is 26.0 Å². The van der Waals surface area contributed by atoms with E-state index in [-0.39, 0.29) is 0 Å². The van der Waals surface area contributed by atoms with Crippen molar-refractivity contribution in [2.24, 2.45) is 5.92 Å². The number of methoxy groups -OCH3 is 1. The van der Waals surface area contributed by atoms with Crippen LogP contribution in [0.2, 0.25) is 0 Å². The lowest BCUT2D eigenvalue weighted by Gasteiger charge is -2.19. The molecule has 1 aliphatic heterocycles. The van der Waals surface area contributed by atoms with E-state index >= 15 is 0 Å². The maximum Gasteiger partial charge on any atom is 0.208 e. The van der Waals surface area contributed by atoms with Crippen molar-refractivity contribution in [2.45, 2.75) is 32.7 Å². The summed E-state index contributed by atoms with van der Waals surface area (Å²) in [5, 5.41) is 0. The third-order valence-electron chi connectivity index (χ3n) is 4.37. The molecule has 1 aromatic rings. The number of hydrogen-bond donors (Lipinski definition) is 1. The maximum absolute atomic E-state index is 11.2. The molecule has 130 valence electrons. The number of likely N-dealkylation sites (tertiary alicyclic amines) is 1. The number of hydrogen-bond acceptors (Lipinski definition) is 4. The van der Waals surface area contributed by atoms with Gasteiger partial charge in [-0.3, -0.25) is 4.90 Å². The predicted molar refractivity (Wildman–Crippen MR) is 93.3 cm³/mol. The summed E-state index contributed by atoms with van der Waals surface area (Å²) in [4.78, 5) is 2.37. The van der Waals surface area contributed by atoms with Gasteiger partial charge < -0.3 is 4.74 Å². The Morgan fingerprint density at radius 3 is 2.74 bits per heavy atom. The second-order valence-electron chi connectivity index (χ2n) is 6.74. The summed E-state index contributed by atoms with van der Waals surface area (Å²) >= 11 is 0. The Morgan fingerprint density at radius 1 is 1.39 bits per heavy atom. The fraction of sp³-hybridized carbons (Fsp3) is 0.647. The van der Waals surface area contributed by atoms with Gasteiger partial charge in [-0.2, -0.15) is 0 Å². The Bertz CT molecular complexity index is 629. The molecule has 1 fully saturated rings. The number of sulfonamides is 1. The first kappa shape index (κ1) is 18.2. The second-order valence-corrected chi connectivity index (χ2v) is 8.57. The first-order chi connectivity index (χ1) is 10.8. The zero-order chi connectivity index (χ0) is 17.0. The lowest BCUT2D eigenvalue weighted by atomic mass is 10.00. The minimum absolute atomic E-state index is 0.379. The molecule has 2 rings (SSSR count). The van der Waals surface area contributed by atoms with E-state index in [9.17, 15) is 8.42 Å². The molecule has 0 amide bonds. The van der Waals surface area contributed by atoms with Gasteiger partial charge in [0.15, 0.2) is 0 Å². The van der Waals surface area contributed by atoms with Crippen LogP contribution in [0.5, 0.6) is 5.75 Å². The third-order valence-corrected chi connectivity index (χ3v) is 5.06. The topological polar surface area (TPSA) is 58.6 Å². The van der Waals surface area contributed by atoms with E-state index < -0.39 is 10.0 Å². The maximum atomic E-state index is 11.2. The molecular formula is C17H28N2O3S. The fourth-order valence-electron chi connectivity index (χ4n) is 3.01. The van der Waals surface area contributed by atoms with E-state index in [1.54, 1.807) is 7.11 Å². The number of nitrogens with one attached hydrogen (secondary N) is 1. The smallest absolute Gasteiger partial charge is 0.208 e. The molecule has 1 heterocycles. The highest BCUT2D eigenvalue weighted by molar-refractivity contribution is 7.88. The van der Waals surface area contributed by atoms with E-state index in [1.165, 1.54) is 17.4 Å². The van der Waals surface area contributed by atoms with Crippen LogP contribution >= 0.6 is 0 Å². The molecule has 1 atom stereocenters. The molecule has 0 saturated carbocycles. The molecule has 1 aliphatic rings. The van der Waals surface area contributed by atoms with Gasteiger partial charge in [-0.05, 0) is 36.4 Å². The Kier molecular flexibility index (Phi) is 6.06. The molecule has 6 heteroatoms. The molecular weight excluding hydrogens is 312 g/mol. The van der Waals surface area contributed by atoms with E-state index in [2.05, 4.69) is 35.6 Å². The summed E-state index contributed by atoms with van der Waals surface area (Å²) in [6.07, 6.45) is 2.23. The second kappa shape index (κ2) is 7.64. The lowest BCUT2D eigenvalue weighted by Crippen LogP contribution is -2.30. The Labute approximate surface area is 140 Å². The van der Waals surface area contributed by atoms with Crippen LogP contribution in [0.1, 0.15) is 37.3 Å². The third kappa shape index (κ3) is 5.48. The first-order valence-corrected chi connectivity index (χ1v) is 10.0. The van der Waals surface area contributed by atoms with Gasteiger partial charge in [0.2, 0.25) is 10.0 Å². The minimum atomic E-state index is -3.10. The van der Waals surface area contributed by atoms with Crippen molar-refractivity contribution < 1.29 is 13.2 Å². The Hall–Kier alpha value is -1.11. The summed E-state index contributed by atoms with van der Waals surface area (Å²) in [6.45, 7) is 7.66. The summed E-state index contributed by atoms with van der Waals surface area (Å²) in [5.41, 5.74) is 2.52. The zero-order valence-corrected chi connectivity index (χ0v) is 15.3. The van der Waals surface area contributed by atoms with Crippen LogP contribution < -0.4 is 9.46 Å².